The van der Waals surface area contributed by atoms with Gasteiger partial charge in [0.05, 0.1) is 11.5 Å². The third-order valence-corrected chi connectivity index (χ3v) is 5.45. The van der Waals surface area contributed by atoms with Gasteiger partial charge in [0.2, 0.25) is 0 Å². The molecule has 1 fully saturated rings. The molecular formula is C15H14F2N4O3S. The average molecular weight is 368 g/mol. The molecule has 1 saturated heterocycles. The molecule has 132 valence electrons. The summed E-state index contributed by atoms with van der Waals surface area (Å²) in [7, 11) is -3.12. The summed E-state index contributed by atoms with van der Waals surface area (Å²) >= 11 is 0. The number of halogens is 2. The Hall–Kier alpha value is -2.62. The molecule has 0 spiro atoms. The third kappa shape index (κ3) is 4.08. The van der Waals surface area contributed by atoms with Crippen molar-refractivity contribution in [2.45, 2.75) is 12.5 Å². The lowest BCUT2D eigenvalue weighted by Gasteiger charge is -2.11. The van der Waals surface area contributed by atoms with Gasteiger partial charge in [0.25, 0.3) is 5.91 Å². The van der Waals surface area contributed by atoms with Crippen molar-refractivity contribution in [3.63, 3.8) is 0 Å². The number of benzene rings is 1. The molecule has 25 heavy (non-hydrogen) atoms. The normalized spacial score (nSPS) is 18.7. The Bertz CT molecular complexity index is 900. The fraction of sp³-hybridized carbons (Fsp3) is 0.267. The summed E-state index contributed by atoms with van der Waals surface area (Å²) in [4.78, 5) is 19.8. The van der Waals surface area contributed by atoms with Gasteiger partial charge in [0.1, 0.15) is 35.2 Å². The number of carbonyl (C=O) groups is 1. The van der Waals surface area contributed by atoms with Crippen molar-refractivity contribution in [2.75, 3.05) is 16.8 Å². The van der Waals surface area contributed by atoms with Gasteiger partial charge < -0.3 is 10.6 Å². The molecule has 1 amide bonds. The van der Waals surface area contributed by atoms with Gasteiger partial charge in [0.15, 0.2) is 9.84 Å². The largest absolute Gasteiger partial charge is 0.347 e. The molecule has 1 atom stereocenters. The number of hydrogen-bond acceptors (Lipinski definition) is 6. The number of carbonyl (C=O) groups excluding carboxylic acids is 1. The molecule has 0 bridgehead atoms. The van der Waals surface area contributed by atoms with E-state index in [1.165, 1.54) is 12.1 Å². The van der Waals surface area contributed by atoms with Crippen LogP contribution in [0, 0.1) is 11.6 Å². The molecule has 1 unspecified atom stereocenters. The number of rotatable bonds is 4. The van der Waals surface area contributed by atoms with Gasteiger partial charge in [-0.05, 0) is 18.6 Å². The molecule has 2 aromatic rings. The Labute approximate surface area is 142 Å². The molecule has 2 N–H and O–H groups in total. The Morgan fingerprint density at radius 3 is 2.56 bits per heavy atom. The number of para-hydroxylation sites is 1. The first-order chi connectivity index (χ1) is 11.8. The maximum absolute atomic E-state index is 13.7. The van der Waals surface area contributed by atoms with Crippen LogP contribution < -0.4 is 10.6 Å². The minimum Gasteiger partial charge on any atom is -0.347 e. The van der Waals surface area contributed by atoms with E-state index < -0.39 is 39.1 Å². The van der Waals surface area contributed by atoms with E-state index in [-0.39, 0.29) is 23.0 Å². The summed E-state index contributed by atoms with van der Waals surface area (Å²) in [5.41, 5.74) is -0.437. The fourth-order valence-electron chi connectivity index (χ4n) is 2.46. The van der Waals surface area contributed by atoms with Crippen molar-refractivity contribution in [3.05, 3.63) is 47.9 Å². The average Bonchev–Trinajstić information content (AvgIpc) is 2.90. The van der Waals surface area contributed by atoms with Gasteiger partial charge in [-0.15, -0.1) is 0 Å². The number of hydrogen-bond donors (Lipinski definition) is 2. The van der Waals surface area contributed by atoms with Crippen LogP contribution in [-0.2, 0) is 9.84 Å². The minimum atomic E-state index is -3.12. The Morgan fingerprint density at radius 2 is 1.92 bits per heavy atom. The monoisotopic (exact) mass is 368 g/mol. The van der Waals surface area contributed by atoms with Crippen molar-refractivity contribution in [2.24, 2.45) is 0 Å². The van der Waals surface area contributed by atoms with E-state index in [1.807, 2.05) is 0 Å². The first kappa shape index (κ1) is 17.2. The molecule has 2 heterocycles. The number of nitrogens with one attached hydrogen (secondary N) is 2. The Balaban J connectivity index is 1.74. The van der Waals surface area contributed by atoms with Gasteiger partial charge in [-0.1, -0.05) is 6.07 Å². The second-order valence-corrected chi connectivity index (χ2v) is 7.81. The molecule has 3 rings (SSSR count). The summed E-state index contributed by atoms with van der Waals surface area (Å²) in [5, 5.41) is 5.05. The SMILES string of the molecule is O=C(NC1CCS(=O)(=O)C1)c1cc(Nc2c(F)cccc2F)ncn1. The number of aromatic nitrogens is 2. The summed E-state index contributed by atoms with van der Waals surface area (Å²) in [5.74, 6) is -2.25. The molecule has 1 aliphatic rings. The molecule has 1 aromatic carbocycles. The number of anilines is 2. The van der Waals surface area contributed by atoms with Crippen LogP contribution in [0.25, 0.3) is 0 Å². The molecule has 0 aliphatic carbocycles. The van der Waals surface area contributed by atoms with Crippen LogP contribution in [0.4, 0.5) is 20.3 Å². The zero-order chi connectivity index (χ0) is 18.0. The van der Waals surface area contributed by atoms with Crippen LogP contribution in [0.2, 0.25) is 0 Å². The molecule has 1 aromatic heterocycles. The first-order valence-electron chi connectivity index (χ1n) is 7.38. The molecule has 0 saturated carbocycles. The molecule has 7 nitrogen and oxygen atoms in total. The van der Waals surface area contributed by atoms with E-state index in [2.05, 4.69) is 20.6 Å². The summed E-state index contributed by atoms with van der Waals surface area (Å²) in [6.45, 7) is 0. The highest BCUT2D eigenvalue weighted by Gasteiger charge is 2.29. The molecule has 1 aliphatic heterocycles. The van der Waals surface area contributed by atoms with Crippen molar-refractivity contribution in [3.8, 4) is 0 Å². The smallest absolute Gasteiger partial charge is 0.270 e. The van der Waals surface area contributed by atoms with Gasteiger partial charge in [-0.3, -0.25) is 4.79 Å². The molecule has 0 radical (unpaired) electrons. The van der Waals surface area contributed by atoms with E-state index >= 15 is 0 Å². The number of amides is 1. The number of sulfone groups is 1. The van der Waals surface area contributed by atoms with E-state index in [0.717, 1.165) is 18.5 Å². The van der Waals surface area contributed by atoms with Crippen LogP contribution in [-0.4, -0.2) is 41.8 Å². The maximum atomic E-state index is 13.7. The topological polar surface area (TPSA) is 101 Å². The van der Waals surface area contributed by atoms with Crippen molar-refractivity contribution in [1.29, 1.82) is 0 Å². The van der Waals surface area contributed by atoms with Crippen molar-refractivity contribution >= 4 is 27.2 Å². The lowest BCUT2D eigenvalue weighted by atomic mass is 10.2. The van der Waals surface area contributed by atoms with Gasteiger partial charge in [0, 0.05) is 12.1 Å². The van der Waals surface area contributed by atoms with Crippen LogP contribution >= 0.6 is 0 Å². The third-order valence-electron chi connectivity index (χ3n) is 3.68. The van der Waals surface area contributed by atoms with E-state index in [9.17, 15) is 22.0 Å². The zero-order valence-electron chi connectivity index (χ0n) is 12.9. The van der Waals surface area contributed by atoms with E-state index in [4.69, 9.17) is 0 Å². The highest BCUT2D eigenvalue weighted by Crippen LogP contribution is 2.22. The highest BCUT2D eigenvalue weighted by atomic mass is 32.2. The summed E-state index contributed by atoms with van der Waals surface area (Å²) in [6.07, 6.45) is 1.41. The Morgan fingerprint density at radius 1 is 1.20 bits per heavy atom. The van der Waals surface area contributed by atoms with Crippen LogP contribution in [0.15, 0.2) is 30.6 Å². The summed E-state index contributed by atoms with van der Waals surface area (Å²) < 4.78 is 50.2. The molecular weight excluding hydrogens is 354 g/mol. The number of nitrogens with zero attached hydrogens (tertiary/aromatic N) is 2. The van der Waals surface area contributed by atoms with E-state index in [0.29, 0.717) is 6.42 Å². The van der Waals surface area contributed by atoms with Gasteiger partial charge in [-0.25, -0.2) is 27.2 Å². The molecule has 10 heteroatoms. The lowest BCUT2D eigenvalue weighted by molar-refractivity contribution is 0.0936. The predicted molar refractivity (Wildman–Crippen MR) is 86.2 cm³/mol. The van der Waals surface area contributed by atoms with Crippen LogP contribution in [0.1, 0.15) is 16.9 Å². The standard InChI is InChI=1S/C15H14F2N4O3S/c16-10-2-1-3-11(17)14(10)21-13-6-12(18-8-19-13)15(22)20-9-4-5-25(23,24)7-9/h1-3,6,8-9H,4-5,7H2,(H,20,22)(H,18,19,21). The lowest BCUT2D eigenvalue weighted by Crippen LogP contribution is -2.36. The second-order valence-electron chi connectivity index (χ2n) is 5.58. The van der Waals surface area contributed by atoms with Crippen molar-refractivity contribution < 1.29 is 22.0 Å². The van der Waals surface area contributed by atoms with Crippen molar-refractivity contribution in [1.82, 2.24) is 15.3 Å². The first-order valence-corrected chi connectivity index (χ1v) is 9.20. The van der Waals surface area contributed by atoms with E-state index in [1.54, 1.807) is 0 Å². The van der Waals surface area contributed by atoms with Gasteiger partial charge in [-0.2, -0.15) is 0 Å². The Kier molecular flexibility index (Phi) is 4.62. The maximum Gasteiger partial charge on any atom is 0.270 e. The summed E-state index contributed by atoms with van der Waals surface area (Å²) in [6, 6.07) is 4.14. The van der Waals surface area contributed by atoms with Crippen LogP contribution in [0.5, 0.6) is 0 Å². The second kappa shape index (κ2) is 6.71. The van der Waals surface area contributed by atoms with Gasteiger partial charge >= 0.3 is 0 Å². The predicted octanol–water partition coefficient (Wildman–Crippen LogP) is 1.42. The zero-order valence-corrected chi connectivity index (χ0v) is 13.7. The fourth-order valence-corrected chi connectivity index (χ4v) is 4.14. The minimum absolute atomic E-state index is 0.0289. The van der Waals surface area contributed by atoms with Crippen LogP contribution in [0.3, 0.4) is 0 Å². The highest BCUT2D eigenvalue weighted by molar-refractivity contribution is 7.91. The quantitative estimate of drug-likeness (QED) is 0.846.